The first-order valence-corrected chi connectivity index (χ1v) is 7.98. The van der Waals surface area contributed by atoms with Crippen LogP contribution in [0.5, 0.6) is 0 Å². The van der Waals surface area contributed by atoms with Crippen LogP contribution in [-0.4, -0.2) is 41.4 Å². The van der Waals surface area contributed by atoms with Gasteiger partial charge in [0.05, 0.1) is 11.2 Å². The fourth-order valence-corrected chi connectivity index (χ4v) is 3.75. The molecule has 0 aromatic carbocycles. The molecule has 0 radical (unpaired) electrons. The number of nitrogens with zero attached hydrogens (tertiary/aromatic N) is 2. The average Bonchev–Trinajstić information content (AvgIpc) is 2.93. The molecule has 1 N–H and O–H groups in total. The lowest BCUT2D eigenvalue weighted by Crippen LogP contribution is -2.48. The van der Waals surface area contributed by atoms with Gasteiger partial charge < -0.3 is 15.0 Å². The molecule has 1 aromatic rings. The SMILES string of the molecule is CC1(C)C[C@@H](N[C@@H]2CCN(c3ccccn3)C2)C(C)(C)O1. The molecule has 0 bridgehead atoms. The minimum atomic E-state index is -0.0953. The van der Waals surface area contributed by atoms with Gasteiger partial charge in [-0.15, -0.1) is 0 Å². The highest BCUT2D eigenvalue weighted by molar-refractivity contribution is 5.39. The molecule has 2 saturated heterocycles. The van der Waals surface area contributed by atoms with Gasteiger partial charge in [0.2, 0.25) is 0 Å². The van der Waals surface area contributed by atoms with Crippen LogP contribution < -0.4 is 10.2 Å². The summed E-state index contributed by atoms with van der Waals surface area (Å²) in [7, 11) is 0. The topological polar surface area (TPSA) is 37.4 Å². The average molecular weight is 289 g/mol. The molecule has 0 saturated carbocycles. The van der Waals surface area contributed by atoms with E-state index in [-0.39, 0.29) is 11.2 Å². The Morgan fingerprint density at radius 3 is 2.71 bits per heavy atom. The molecule has 2 aliphatic rings. The third-order valence-corrected chi connectivity index (χ3v) is 4.67. The van der Waals surface area contributed by atoms with E-state index in [4.69, 9.17) is 4.74 Å². The van der Waals surface area contributed by atoms with Gasteiger partial charge in [0.25, 0.3) is 0 Å². The van der Waals surface area contributed by atoms with Crippen molar-refractivity contribution in [3.05, 3.63) is 24.4 Å². The van der Waals surface area contributed by atoms with E-state index in [1.54, 1.807) is 0 Å². The summed E-state index contributed by atoms with van der Waals surface area (Å²) in [6.07, 6.45) is 4.11. The van der Waals surface area contributed by atoms with Gasteiger partial charge in [-0.1, -0.05) is 6.07 Å². The van der Waals surface area contributed by atoms with Crippen molar-refractivity contribution in [3.63, 3.8) is 0 Å². The summed E-state index contributed by atoms with van der Waals surface area (Å²) in [5.74, 6) is 1.09. The van der Waals surface area contributed by atoms with Crippen LogP contribution >= 0.6 is 0 Å². The van der Waals surface area contributed by atoms with Gasteiger partial charge in [0.1, 0.15) is 5.82 Å². The minimum Gasteiger partial charge on any atom is -0.368 e. The molecule has 4 nitrogen and oxygen atoms in total. The van der Waals surface area contributed by atoms with Crippen molar-refractivity contribution in [2.45, 2.75) is 63.8 Å². The van der Waals surface area contributed by atoms with Crippen LogP contribution in [-0.2, 0) is 4.74 Å². The lowest BCUT2D eigenvalue weighted by Gasteiger charge is -2.30. The summed E-state index contributed by atoms with van der Waals surface area (Å²) < 4.78 is 6.18. The van der Waals surface area contributed by atoms with Gasteiger partial charge in [-0.3, -0.25) is 0 Å². The van der Waals surface area contributed by atoms with E-state index in [1.807, 2.05) is 12.3 Å². The van der Waals surface area contributed by atoms with Gasteiger partial charge in [-0.25, -0.2) is 4.98 Å². The minimum absolute atomic E-state index is 0.0273. The molecule has 3 heterocycles. The predicted octanol–water partition coefficient (Wildman–Crippen LogP) is 2.60. The molecule has 4 heteroatoms. The maximum Gasteiger partial charge on any atom is 0.128 e. The zero-order valence-electron chi connectivity index (χ0n) is 13.6. The Kier molecular flexibility index (Phi) is 3.70. The van der Waals surface area contributed by atoms with Gasteiger partial charge >= 0.3 is 0 Å². The number of pyridine rings is 1. The number of rotatable bonds is 3. The number of ether oxygens (including phenoxy) is 1. The van der Waals surface area contributed by atoms with Crippen molar-refractivity contribution in [1.82, 2.24) is 10.3 Å². The van der Waals surface area contributed by atoms with E-state index < -0.39 is 0 Å². The van der Waals surface area contributed by atoms with Crippen molar-refractivity contribution in [1.29, 1.82) is 0 Å². The van der Waals surface area contributed by atoms with Crippen molar-refractivity contribution in [2.24, 2.45) is 0 Å². The van der Waals surface area contributed by atoms with E-state index >= 15 is 0 Å². The molecule has 0 unspecified atom stereocenters. The molecule has 0 amide bonds. The van der Waals surface area contributed by atoms with Crippen LogP contribution in [0.15, 0.2) is 24.4 Å². The quantitative estimate of drug-likeness (QED) is 0.928. The number of aromatic nitrogens is 1. The lowest BCUT2D eigenvalue weighted by atomic mass is 9.93. The Hall–Kier alpha value is -1.13. The molecule has 116 valence electrons. The second-order valence-corrected chi connectivity index (χ2v) is 7.51. The molecule has 0 aliphatic carbocycles. The number of nitrogens with one attached hydrogen (secondary N) is 1. The van der Waals surface area contributed by atoms with Crippen molar-refractivity contribution >= 4 is 5.82 Å². The second kappa shape index (κ2) is 5.25. The van der Waals surface area contributed by atoms with Crippen LogP contribution in [0.3, 0.4) is 0 Å². The molecule has 2 fully saturated rings. The summed E-state index contributed by atoms with van der Waals surface area (Å²) in [6, 6.07) is 7.05. The zero-order valence-corrected chi connectivity index (χ0v) is 13.6. The molecule has 0 spiro atoms. The van der Waals surface area contributed by atoms with Crippen LogP contribution in [0.4, 0.5) is 5.82 Å². The first kappa shape index (κ1) is 14.8. The molecule has 1 aromatic heterocycles. The molecule has 2 atom stereocenters. The third kappa shape index (κ3) is 3.22. The highest BCUT2D eigenvalue weighted by Gasteiger charge is 2.46. The van der Waals surface area contributed by atoms with E-state index in [0.29, 0.717) is 12.1 Å². The highest BCUT2D eigenvalue weighted by Crippen LogP contribution is 2.37. The van der Waals surface area contributed by atoms with Crippen LogP contribution in [0.25, 0.3) is 0 Å². The highest BCUT2D eigenvalue weighted by atomic mass is 16.5. The normalized spacial score (nSPS) is 30.8. The third-order valence-electron chi connectivity index (χ3n) is 4.67. The number of hydrogen-bond acceptors (Lipinski definition) is 4. The van der Waals surface area contributed by atoms with Gasteiger partial charge in [0, 0.05) is 31.4 Å². The van der Waals surface area contributed by atoms with E-state index in [1.165, 1.54) is 6.42 Å². The molecular weight excluding hydrogens is 262 g/mol. The Morgan fingerprint density at radius 2 is 2.10 bits per heavy atom. The molecular formula is C17H27N3O. The van der Waals surface area contributed by atoms with Crippen LogP contribution in [0.2, 0.25) is 0 Å². The summed E-state index contributed by atoms with van der Waals surface area (Å²) >= 11 is 0. The van der Waals surface area contributed by atoms with E-state index in [0.717, 1.165) is 25.3 Å². The maximum absolute atomic E-state index is 6.18. The Bertz CT molecular complexity index is 486. The lowest BCUT2D eigenvalue weighted by molar-refractivity contribution is -0.0703. The fraction of sp³-hybridized carbons (Fsp3) is 0.706. The summed E-state index contributed by atoms with van der Waals surface area (Å²) in [5.41, 5.74) is -0.123. The van der Waals surface area contributed by atoms with Crippen molar-refractivity contribution in [2.75, 3.05) is 18.0 Å². The summed E-state index contributed by atoms with van der Waals surface area (Å²) in [5, 5.41) is 3.83. The van der Waals surface area contributed by atoms with E-state index in [9.17, 15) is 0 Å². The summed E-state index contributed by atoms with van der Waals surface area (Å²) in [6.45, 7) is 10.9. The predicted molar refractivity (Wildman–Crippen MR) is 85.6 cm³/mol. The first-order valence-electron chi connectivity index (χ1n) is 7.98. The van der Waals surface area contributed by atoms with Gasteiger partial charge in [-0.2, -0.15) is 0 Å². The fourth-order valence-electron chi connectivity index (χ4n) is 3.75. The number of hydrogen-bond donors (Lipinski definition) is 1. The monoisotopic (exact) mass is 289 g/mol. The van der Waals surface area contributed by atoms with Crippen LogP contribution in [0.1, 0.15) is 40.5 Å². The molecule has 3 rings (SSSR count). The first-order chi connectivity index (χ1) is 9.86. The smallest absolute Gasteiger partial charge is 0.128 e. The van der Waals surface area contributed by atoms with Crippen LogP contribution in [0, 0.1) is 0 Å². The van der Waals surface area contributed by atoms with E-state index in [2.05, 4.69) is 55.0 Å². The summed E-state index contributed by atoms with van der Waals surface area (Å²) in [4.78, 5) is 6.82. The largest absolute Gasteiger partial charge is 0.368 e. The Morgan fingerprint density at radius 1 is 1.29 bits per heavy atom. The Balaban J connectivity index is 1.60. The van der Waals surface area contributed by atoms with Gasteiger partial charge in [0.15, 0.2) is 0 Å². The second-order valence-electron chi connectivity index (χ2n) is 7.51. The van der Waals surface area contributed by atoms with Crippen molar-refractivity contribution in [3.8, 4) is 0 Å². The van der Waals surface area contributed by atoms with Gasteiger partial charge in [-0.05, 0) is 52.7 Å². The standard InChI is InChI=1S/C17H27N3O/c1-16(2)11-14(17(3,4)21-16)19-13-8-10-20(12-13)15-7-5-6-9-18-15/h5-7,9,13-14,19H,8,10-12H2,1-4H3/t13-,14-/m1/s1. The Labute approximate surface area is 127 Å². The molecule has 21 heavy (non-hydrogen) atoms. The van der Waals surface area contributed by atoms with Crippen molar-refractivity contribution < 1.29 is 4.74 Å². The number of anilines is 1. The maximum atomic E-state index is 6.18. The molecule has 2 aliphatic heterocycles. The zero-order chi connectivity index (χ0) is 15.1.